The Hall–Kier alpha value is -0.470. The van der Waals surface area contributed by atoms with E-state index < -0.39 is 0 Å². The van der Waals surface area contributed by atoms with Crippen LogP contribution in [0.15, 0.2) is 29.2 Å². The molecule has 0 saturated carbocycles. The molecular formula is C15H23NS. The van der Waals surface area contributed by atoms with Crippen LogP contribution >= 0.6 is 11.8 Å². The van der Waals surface area contributed by atoms with Crippen molar-refractivity contribution in [3.8, 4) is 0 Å². The van der Waals surface area contributed by atoms with E-state index in [2.05, 4.69) is 62.2 Å². The highest BCUT2D eigenvalue weighted by molar-refractivity contribution is 8.00. The fourth-order valence-electron chi connectivity index (χ4n) is 2.65. The molecule has 1 nitrogen and oxygen atoms in total. The minimum atomic E-state index is 0.638. The van der Waals surface area contributed by atoms with Gasteiger partial charge in [0.2, 0.25) is 0 Å². The van der Waals surface area contributed by atoms with Crippen molar-refractivity contribution in [1.82, 2.24) is 5.32 Å². The van der Waals surface area contributed by atoms with Crippen molar-refractivity contribution in [2.75, 3.05) is 7.05 Å². The van der Waals surface area contributed by atoms with E-state index in [0.29, 0.717) is 6.04 Å². The van der Waals surface area contributed by atoms with Crippen LogP contribution in [0.25, 0.3) is 0 Å². The van der Waals surface area contributed by atoms with Crippen LogP contribution < -0.4 is 5.32 Å². The third kappa shape index (κ3) is 3.49. The van der Waals surface area contributed by atoms with Gasteiger partial charge in [-0.15, -0.1) is 11.8 Å². The van der Waals surface area contributed by atoms with Gasteiger partial charge in [0.05, 0.1) is 0 Å². The predicted octanol–water partition coefficient (Wildman–Crippen LogP) is 3.73. The molecule has 1 aliphatic rings. The van der Waals surface area contributed by atoms with Gasteiger partial charge in [-0.05, 0) is 50.8 Å². The average molecular weight is 249 g/mol. The monoisotopic (exact) mass is 249 g/mol. The van der Waals surface area contributed by atoms with Crippen molar-refractivity contribution >= 4 is 11.8 Å². The van der Waals surface area contributed by atoms with Crippen LogP contribution in [0, 0.1) is 5.92 Å². The zero-order chi connectivity index (χ0) is 12.3. The molecule has 2 rings (SSSR count). The van der Waals surface area contributed by atoms with E-state index in [1.54, 1.807) is 5.56 Å². The number of thioether (sulfide) groups is 1. The van der Waals surface area contributed by atoms with Crippen molar-refractivity contribution in [3.05, 3.63) is 29.8 Å². The van der Waals surface area contributed by atoms with Crippen LogP contribution in [0.1, 0.15) is 32.3 Å². The minimum absolute atomic E-state index is 0.638. The largest absolute Gasteiger partial charge is 0.317 e. The van der Waals surface area contributed by atoms with E-state index in [0.717, 1.165) is 11.2 Å². The molecule has 2 heteroatoms. The molecule has 3 unspecified atom stereocenters. The molecule has 1 aliphatic heterocycles. The normalized spacial score (nSPS) is 22.2. The molecule has 1 N–H and O–H groups in total. The number of hydrogen-bond acceptors (Lipinski definition) is 2. The van der Waals surface area contributed by atoms with Crippen molar-refractivity contribution in [2.24, 2.45) is 5.92 Å². The van der Waals surface area contributed by atoms with E-state index >= 15 is 0 Å². The third-order valence-corrected chi connectivity index (χ3v) is 4.97. The second-order valence-corrected chi connectivity index (χ2v) is 6.66. The van der Waals surface area contributed by atoms with Crippen LogP contribution in [0.3, 0.4) is 0 Å². The summed E-state index contributed by atoms with van der Waals surface area (Å²) < 4.78 is 0. The van der Waals surface area contributed by atoms with E-state index in [-0.39, 0.29) is 0 Å². The summed E-state index contributed by atoms with van der Waals surface area (Å²) in [5.74, 6) is 0.810. The zero-order valence-corrected chi connectivity index (χ0v) is 11.9. The van der Waals surface area contributed by atoms with E-state index in [9.17, 15) is 0 Å². The van der Waals surface area contributed by atoms with Crippen LogP contribution in [-0.2, 0) is 6.42 Å². The van der Waals surface area contributed by atoms with Crippen LogP contribution in [0.5, 0.6) is 0 Å². The van der Waals surface area contributed by atoms with Gasteiger partial charge in [0, 0.05) is 16.2 Å². The number of nitrogens with one attached hydrogen (secondary N) is 1. The Morgan fingerprint density at radius 1 is 1.35 bits per heavy atom. The lowest BCUT2D eigenvalue weighted by Crippen LogP contribution is -2.24. The first-order valence-electron chi connectivity index (χ1n) is 6.61. The molecule has 0 spiro atoms. The lowest BCUT2D eigenvalue weighted by molar-refractivity contribution is 0.416. The third-order valence-electron chi connectivity index (χ3n) is 3.63. The zero-order valence-electron chi connectivity index (χ0n) is 11.1. The highest BCUT2D eigenvalue weighted by atomic mass is 32.2. The van der Waals surface area contributed by atoms with Crippen molar-refractivity contribution in [3.63, 3.8) is 0 Å². The maximum atomic E-state index is 3.33. The SMILES string of the molecule is CNC(C)CC(C)CC1Cc2ccccc2S1. The lowest BCUT2D eigenvalue weighted by Gasteiger charge is -2.19. The first-order chi connectivity index (χ1) is 8.19. The molecule has 1 aromatic rings. The van der Waals surface area contributed by atoms with Gasteiger partial charge in [-0.2, -0.15) is 0 Å². The summed E-state index contributed by atoms with van der Waals surface area (Å²) in [6, 6.07) is 9.50. The van der Waals surface area contributed by atoms with Crippen LogP contribution in [0.2, 0.25) is 0 Å². The molecule has 0 saturated heterocycles. The predicted molar refractivity (Wildman–Crippen MR) is 76.7 cm³/mol. The molecular weight excluding hydrogens is 226 g/mol. The highest BCUT2D eigenvalue weighted by Crippen LogP contribution is 2.39. The average Bonchev–Trinajstić information content (AvgIpc) is 2.70. The molecule has 0 aliphatic carbocycles. The lowest BCUT2D eigenvalue weighted by atomic mass is 9.95. The standard InChI is InChI=1S/C15H23NS/c1-11(8-12(2)16-3)9-14-10-13-6-4-5-7-15(13)17-14/h4-7,11-12,14,16H,8-10H2,1-3H3. The Labute approximate surface area is 109 Å². The summed E-state index contributed by atoms with van der Waals surface area (Å²) in [6.45, 7) is 4.66. The summed E-state index contributed by atoms with van der Waals surface area (Å²) in [5, 5.41) is 4.13. The Morgan fingerprint density at radius 3 is 2.82 bits per heavy atom. The molecule has 0 fully saturated rings. The number of benzene rings is 1. The second kappa shape index (κ2) is 5.92. The fraction of sp³-hybridized carbons (Fsp3) is 0.600. The fourth-order valence-corrected chi connectivity index (χ4v) is 4.16. The maximum absolute atomic E-state index is 3.33. The van der Waals surface area contributed by atoms with Gasteiger partial charge in [0.15, 0.2) is 0 Å². The van der Waals surface area contributed by atoms with Crippen molar-refractivity contribution < 1.29 is 0 Å². The van der Waals surface area contributed by atoms with Gasteiger partial charge in [-0.1, -0.05) is 25.1 Å². The van der Waals surface area contributed by atoms with Crippen LogP contribution in [-0.4, -0.2) is 18.3 Å². The molecule has 0 radical (unpaired) electrons. The topological polar surface area (TPSA) is 12.0 Å². The number of fused-ring (bicyclic) bond motifs is 1. The number of hydrogen-bond donors (Lipinski definition) is 1. The Balaban J connectivity index is 1.83. The van der Waals surface area contributed by atoms with Gasteiger partial charge in [-0.25, -0.2) is 0 Å². The first-order valence-corrected chi connectivity index (χ1v) is 7.49. The summed E-state index contributed by atoms with van der Waals surface area (Å²) >= 11 is 2.08. The summed E-state index contributed by atoms with van der Waals surface area (Å²) in [7, 11) is 2.05. The Kier molecular flexibility index (Phi) is 4.52. The molecule has 0 aromatic heterocycles. The number of rotatable bonds is 5. The van der Waals surface area contributed by atoms with Crippen molar-refractivity contribution in [2.45, 2.75) is 49.3 Å². The molecule has 1 heterocycles. The molecule has 17 heavy (non-hydrogen) atoms. The van der Waals surface area contributed by atoms with E-state index in [1.165, 1.54) is 24.2 Å². The quantitative estimate of drug-likeness (QED) is 0.853. The maximum Gasteiger partial charge on any atom is 0.0138 e. The summed E-state index contributed by atoms with van der Waals surface area (Å²) in [4.78, 5) is 1.51. The molecule has 0 bridgehead atoms. The molecule has 0 amide bonds. The summed E-state index contributed by atoms with van der Waals surface area (Å²) in [6.07, 6.45) is 3.88. The Bertz CT molecular complexity index is 339. The molecule has 1 aromatic carbocycles. The van der Waals surface area contributed by atoms with Gasteiger partial charge < -0.3 is 5.32 Å². The summed E-state index contributed by atoms with van der Waals surface area (Å²) in [5.41, 5.74) is 1.55. The minimum Gasteiger partial charge on any atom is -0.317 e. The Morgan fingerprint density at radius 2 is 2.12 bits per heavy atom. The van der Waals surface area contributed by atoms with Gasteiger partial charge in [-0.3, -0.25) is 0 Å². The molecule has 94 valence electrons. The second-order valence-electron chi connectivity index (χ2n) is 5.32. The first kappa shape index (κ1) is 13.0. The van der Waals surface area contributed by atoms with E-state index in [4.69, 9.17) is 0 Å². The highest BCUT2D eigenvalue weighted by Gasteiger charge is 2.23. The van der Waals surface area contributed by atoms with E-state index in [1.807, 2.05) is 0 Å². The smallest absolute Gasteiger partial charge is 0.0138 e. The molecule has 3 atom stereocenters. The van der Waals surface area contributed by atoms with Crippen molar-refractivity contribution in [1.29, 1.82) is 0 Å². The van der Waals surface area contributed by atoms with Gasteiger partial charge in [0.1, 0.15) is 0 Å². The van der Waals surface area contributed by atoms with Gasteiger partial charge >= 0.3 is 0 Å². The van der Waals surface area contributed by atoms with Crippen LogP contribution in [0.4, 0.5) is 0 Å². The van der Waals surface area contributed by atoms with Gasteiger partial charge in [0.25, 0.3) is 0 Å².